The number of nitrogens with one attached hydrogen (secondary N) is 2. The number of aryl methyl sites for hydroxylation is 1. The highest BCUT2D eigenvalue weighted by atomic mass is 32.2. The van der Waals surface area contributed by atoms with Gasteiger partial charge in [0.05, 0.1) is 5.56 Å². The first-order valence-electron chi connectivity index (χ1n) is 8.88. The number of H-pyrrole nitrogens is 1. The lowest BCUT2D eigenvalue weighted by Crippen LogP contribution is -2.31. The van der Waals surface area contributed by atoms with E-state index >= 15 is 0 Å². The van der Waals surface area contributed by atoms with Crippen molar-refractivity contribution in [2.45, 2.75) is 30.2 Å². The molecule has 0 saturated carbocycles. The second kappa shape index (κ2) is 7.59. The van der Waals surface area contributed by atoms with Crippen molar-refractivity contribution >= 4 is 23.5 Å². The Morgan fingerprint density at radius 2 is 1.89 bits per heavy atom. The molecule has 2 aromatic carbocycles. The number of aromatic nitrogens is 2. The van der Waals surface area contributed by atoms with Crippen molar-refractivity contribution in [1.82, 2.24) is 9.97 Å². The van der Waals surface area contributed by atoms with Crippen LogP contribution in [0.3, 0.4) is 0 Å². The fourth-order valence-corrected chi connectivity index (χ4v) is 4.09. The van der Waals surface area contributed by atoms with Gasteiger partial charge in [0.2, 0.25) is 5.91 Å². The van der Waals surface area contributed by atoms with Crippen LogP contribution in [-0.2, 0) is 10.5 Å². The van der Waals surface area contributed by atoms with Crippen molar-refractivity contribution < 1.29 is 9.18 Å². The van der Waals surface area contributed by atoms with E-state index in [4.69, 9.17) is 0 Å². The molecule has 0 radical (unpaired) electrons. The van der Waals surface area contributed by atoms with Gasteiger partial charge in [-0.05, 0) is 24.1 Å². The summed E-state index contributed by atoms with van der Waals surface area (Å²) in [4.78, 5) is 32.1. The quantitative estimate of drug-likeness (QED) is 0.518. The second-order valence-corrected chi connectivity index (χ2v) is 7.70. The van der Waals surface area contributed by atoms with E-state index in [-0.39, 0.29) is 23.7 Å². The predicted octanol–water partition coefficient (Wildman–Crippen LogP) is 3.98. The number of amides is 1. The van der Waals surface area contributed by atoms with Gasteiger partial charge in [-0.2, -0.15) is 0 Å². The van der Waals surface area contributed by atoms with Crippen LogP contribution in [0.5, 0.6) is 0 Å². The molecular weight excluding hydrogens is 377 g/mol. The number of halogens is 1. The van der Waals surface area contributed by atoms with Gasteiger partial charge in [-0.15, -0.1) is 0 Å². The van der Waals surface area contributed by atoms with Gasteiger partial charge >= 0.3 is 0 Å². The number of rotatable bonds is 4. The number of carbonyl (C=O) groups excluding carboxylic acids is 1. The van der Waals surface area contributed by atoms with Crippen molar-refractivity contribution in [2.24, 2.45) is 0 Å². The second-order valence-electron chi connectivity index (χ2n) is 6.73. The normalized spacial score (nSPS) is 15.8. The van der Waals surface area contributed by atoms with Gasteiger partial charge in [-0.3, -0.25) is 9.59 Å². The molecule has 3 aromatic rings. The van der Waals surface area contributed by atoms with Crippen LogP contribution in [0.4, 0.5) is 10.2 Å². The number of fused-ring (bicyclic) bond motifs is 1. The number of hydrogen-bond acceptors (Lipinski definition) is 4. The Kier molecular flexibility index (Phi) is 5.00. The van der Waals surface area contributed by atoms with Crippen LogP contribution in [0, 0.1) is 12.7 Å². The van der Waals surface area contributed by atoms with E-state index in [1.165, 1.54) is 23.4 Å². The monoisotopic (exact) mass is 395 g/mol. The molecule has 1 amide bonds. The van der Waals surface area contributed by atoms with Gasteiger partial charge in [-0.25, -0.2) is 9.37 Å². The van der Waals surface area contributed by atoms with Crippen LogP contribution in [0.2, 0.25) is 0 Å². The fourth-order valence-electron chi connectivity index (χ4n) is 3.28. The lowest BCUT2D eigenvalue weighted by Gasteiger charge is -2.24. The zero-order chi connectivity index (χ0) is 19.7. The van der Waals surface area contributed by atoms with Crippen LogP contribution >= 0.6 is 11.8 Å². The average Bonchev–Trinajstić information content (AvgIpc) is 2.67. The molecule has 5 nitrogen and oxygen atoms in total. The largest absolute Gasteiger partial charge is 0.310 e. The van der Waals surface area contributed by atoms with Gasteiger partial charge in [0, 0.05) is 18.1 Å². The fraction of sp³-hybridized carbons (Fsp3) is 0.190. The zero-order valence-corrected chi connectivity index (χ0v) is 16.0. The molecule has 1 unspecified atom stereocenters. The Labute approximate surface area is 165 Å². The molecule has 142 valence electrons. The molecule has 7 heteroatoms. The molecule has 0 aliphatic carbocycles. The van der Waals surface area contributed by atoms with Gasteiger partial charge in [0.25, 0.3) is 5.56 Å². The minimum atomic E-state index is -0.655. The Hall–Kier alpha value is -2.93. The zero-order valence-electron chi connectivity index (χ0n) is 15.2. The molecule has 0 saturated heterocycles. The third-order valence-electron chi connectivity index (χ3n) is 4.71. The van der Waals surface area contributed by atoms with Gasteiger partial charge in [0.15, 0.2) is 5.16 Å². The molecule has 0 fully saturated rings. The summed E-state index contributed by atoms with van der Waals surface area (Å²) in [5, 5.41) is 3.08. The summed E-state index contributed by atoms with van der Waals surface area (Å²) in [6.45, 7) is 2.02. The number of anilines is 1. The Morgan fingerprint density at radius 1 is 1.14 bits per heavy atom. The third kappa shape index (κ3) is 3.71. The first-order valence-corrected chi connectivity index (χ1v) is 9.86. The maximum absolute atomic E-state index is 14.3. The maximum atomic E-state index is 14.3. The molecule has 0 bridgehead atoms. The summed E-state index contributed by atoms with van der Waals surface area (Å²) >= 11 is 1.38. The van der Waals surface area contributed by atoms with Crippen LogP contribution in [-0.4, -0.2) is 15.9 Å². The number of aromatic amines is 1. The standard InChI is InChI=1S/C21H18FN3O2S/c1-12-6-8-13(9-7-12)11-28-21-24-19-18(20(27)25-21)15(10-17(26)23-19)14-4-2-3-5-16(14)22/h2-9,15H,10-11H2,1H3,(H2,23,24,25,26,27). The minimum absolute atomic E-state index is 0.00848. The molecule has 1 aromatic heterocycles. The minimum Gasteiger partial charge on any atom is -0.310 e. The number of thioether (sulfide) groups is 1. The average molecular weight is 395 g/mol. The Balaban J connectivity index is 1.66. The molecule has 1 aliphatic rings. The van der Waals surface area contributed by atoms with E-state index in [2.05, 4.69) is 15.3 Å². The number of benzene rings is 2. The SMILES string of the molecule is Cc1ccc(CSc2nc3c(c(=O)[nH]2)C(c2ccccc2F)CC(=O)N3)cc1. The molecule has 2 heterocycles. The van der Waals surface area contributed by atoms with Gasteiger partial charge in [0.1, 0.15) is 11.6 Å². The van der Waals surface area contributed by atoms with Crippen molar-refractivity contribution in [3.8, 4) is 0 Å². The van der Waals surface area contributed by atoms with Gasteiger partial charge in [-0.1, -0.05) is 59.8 Å². The van der Waals surface area contributed by atoms with Crippen LogP contribution < -0.4 is 10.9 Å². The highest BCUT2D eigenvalue weighted by Crippen LogP contribution is 2.35. The van der Waals surface area contributed by atoms with E-state index in [0.29, 0.717) is 22.0 Å². The lowest BCUT2D eigenvalue weighted by molar-refractivity contribution is -0.116. The summed E-state index contributed by atoms with van der Waals surface area (Å²) in [5.74, 6) is -0.539. The molecular formula is C21H18FN3O2S. The summed E-state index contributed by atoms with van der Waals surface area (Å²) < 4.78 is 14.3. The van der Waals surface area contributed by atoms with Crippen molar-refractivity contribution in [3.63, 3.8) is 0 Å². The van der Waals surface area contributed by atoms with E-state index < -0.39 is 11.7 Å². The molecule has 1 atom stereocenters. The highest BCUT2D eigenvalue weighted by Gasteiger charge is 2.32. The van der Waals surface area contributed by atoms with Crippen LogP contribution in [0.25, 0.3) is 0 Å². The van der Waals surface area contributed by atoms with Crippen molar-refractivity contribution in [1.29, 1.82) is 0 Å². The van der Waals surface area contributed by atoms with Gasteiger partial charge < -0.3 is 10.3 Å². The highest BCUT2D eigenvalue weighted by molar-refractivity contribution is 7.98. The summed E-state index contributed by atoms with van der Waals surface area (Å²) in [6.07, 6.45) is 0.00848. The van der Waals surface area contributed by atoms with Crippen molar-refractivity contribution in [3.05, 3.63) is 87.0 Å². The van der Waals surface area contributed by atoms with E-state index in [1.54, 1.807) is 18.2 Å². The lowest BCUT2D eigenvalue weighted by atomic mass is 9.86. The predicted molar refractivity (Wildman–Crippen MR) is 107 cm³/mol. The summed E-state index contributed by atoms with van der Waals surface area (Å²) in [6, 6.07) is 14.3. The topological polar surface area (TPSA) is 74.8 Å². The molecule has 1 aliphatic heterocycles. The van der Waals surface area contributed by atoms with E-state index in [9.17, 15) is 14.0 Å². The first-order chi connectivity index (χ1) is 13.5. The number of nitrogens with zero attached hydrogens (tertiary/aromatic N) is 1. The first kappa shape index (κ1) is 18.4. The van der Waals surface area contributed by atoms with Crippen molar-refractivity contribution in [2.75, 3.05) is 5.32 Å². The maximum Gasteiger partial charge on any atom is 0.257 e. The van der Waals surface area contributed by atoms with Crippen LogP contribution in [0.15, 0.2) is 58.5 Å². The number of carbonyl (C=O) groups is 1. The molecule has 28 heavy (non-hydrogen) atoms. The third-order valence-corrected chi connectivity index (χ3v) is 5.65. The number of hydrogen-bond donors (Lipinski definition) is 2. The van der Waals surface area contributed by atoms with Crippen LogP contribution in [0.1, 0.15) is 34.6 Å². The van der Waals surface area contributed by atoms with E-state index in [1.807, 2.05) is 31.2 Å². The Bertz CT molecular complexity index is 1100. The molecule has 4 rings (SSSR count). The van der Waals surface area contributed by atoms with E-state index in [0.717, 1.165) is 5.56 Å². The summed E-state index contributed by atoms with van der Waals surface area (Å²) in [5.41, 5.74) is 2.54. The molecule has 0 spiro atoms. The molecule has 2 N–H and O–H groups in total. The smallest absolute Gasteiger partial charge is 0.257 e. The Morgan fingerprint density at radius 3 is 2.64 bits per heavy atom. The summed E-state index contributed by atoms with van der Waals surface area (Å²) in [7, 11) is 0.